The lowest BCUT2D eigenvalue weighted by molar-refractivity contribution is -0.00683. The number of halogens is 1. The van der Waals surface area contributed by atoms with Gasteiger partial charge in [0.05, 0.1) is 19.8 Å². The molecule has 1 heterocycles. The van der Waals surface area contributed by atoms with Gasteiger partial charge in [-0.1, -0.05) is 0 Å². The van der Waals surface area contributed by atoms with E-state index in [4.69, 9.17) is 9.73 Å². The maximum Gasteiger partial charge on any atom is 0.191 e. The summed E-state index contributed by atoms with van der Waals surface area (Å²) >= 11 is 0. The maximum atomic E-state index is 5.47. The molecular formula is C19H42IN5O. The number of ether oxygens (including phenoxy) is 1. The Morgan fingerprint density at radius 2 is 1.69 bits per heavy atom. The van der Waals surface area contributed by atoms with Crippen LogP contribution in [0.15, 0.2) is 4.99 Å². The minimum atomic E-state index is 0. The van der Waals surface area contributed by atoms with Crippen molar-refractivity contribution < 1.29 is 4.74 Å². The smallest absolute Gasteiger partial charge is 0.191 e. The van der Waals surface area contributed by atoms with E-state index in [2.05, 4.69) is 68.9 Å². The van der Waals surface area contributed by atoms with Crippen LogP contribution in [-0.4, -0.2) is 85.9 Å². The van der Waals surface area contributed by atoms with Crippen LogP contribution in [-0.2, 0) is 4.74 Å². The van der Waals surface area contributed by atoms with Crippen LogP contribution >= 0.6 is 24.0 Å². The number of guanidine groups is 1. The Kier molecular flexibility index (Phi) is 13.1. The first-order valence-electron chi connectivity index (χ1n) is 9.88. The quantitative estimate of drug-likeness (QED) is 0.300. The standard InChI is InChI=1S/C19H41N5O.HI/c1-8-20-18(21-9-10-24(16(2)3)17(4)5)22-15-19(6,7)23-11-13-25-14-12-23;/h16-17H,8-15H2,1-7H3,(H2,20,21,22);1H. The van der Waals surface area contributed by atoms with Crippen molar-refractivity contribution in [3.63, 3.8) is 0 Å². The summed E-state index contributed by atoms with van der Waals surface area (Å²) < 4.78 is 5.47. The minimum Gasteiger partial charge on any atom is -0.379 e. The first kappa shape index (κ1) is 25.9. The fraction of sp³-hybridized carbons (Fsp3) is 0.947. The van der Waals surface area contributed by atoms with Gasteiger partial charge in [-0.25, -0.2) is 0 Å². The largest absolute Gasteiger partial charge is 0.379 e. The van der Waals surface area contributed by atoms with Gasteiger partial charge in [0.25, 0.3) is 0 Å². The van der Waals surface area contributed by atoms with Crippen molar-refractivity contribution in [2.75, 3.05) is 52.5 Å². The molecule has 0 atom stereocenters. The number of hydrogen-bond donors (Lipinski definition) is 2. The highest BCUT2D eigenvalue weighted by molar-refractivity contribution is 14.0. The Balaban J connectivity index is 0.00000625. The summed E-state index contributed by atoms with van der Waals surface area (Å²) in [4.78, 5) is 9.81. The van der Waals surface area contributed by atoms with Crippen LogP contribution in [0.2, 0.25) is 0 Å². The highest BCUT2D eigenvalue weighted by atomic mass is 127. The predicted molar refractivity (Wildman–Crippen MR) is 123 cm³/mol. The van der Waals surface area contributed by atoms with E-state index in [1.165, 1.54) is 0 Å². The van der Waals surface area contributed by atoms with E-state index in [0.29, 0.717) is 12.1 Å². The molecule has 0 aromatic carbocycles. The van der Waals surface area contributed by atoms with Gasteiger partial charge in [0.15, 0.2) is 5.96 Å². The van der Waals surface area contributed by atoms with Gasteiger partial charge in [-0.3, -0.25) is 14.8 Å². The summed E-state index contributed by atoms with van der Waals surface area (Å²) in [5.41, 5.74) is 0.0496. The van der Waals surface area contributed by atoms with Crippen molar-refractivity contribution >= 4 is 29.9 Å². The zero-order valence-electron chi connectivity index (χ0n) is 18.0. The molecule has 1 fully saturated rings. The van der Waals surface area contributed by atoms with Crippen molar-refractivity contribution in [2.24, 2.45) is 4.99 Å². The molecule has 0 radical (unpaired) electrons. The monoisotopic (exact) mass is 483 g/mol. The van der Waals surface area contributed by atoms with Gasteiger partial charge in [0.2, 0.25) is 0 Å². The van der Waals surface area contributed by atoms with Gasteiger partial charge in [-0.05, 0) is 48.5 Å². The molecule has 1 saturated heterocycles. The zero-order valence-corrected chi connectivity index (χ0v) is 20.3. The van der Waals surface area contributed by atoms with Crippen LogP contribution < -0.4 is 10.6 Å². The summed E-state index contributed by atoms with van der Waals surface area (Å²) in [6, 6.07) is 1.11. The van der Waals surface area contributed by atoms with Gasteiger partial charge in [0, 0.05) is 50.3 Å². The molecule has 26 heavy (non-hydrogen) atoms. The molecule has 0 amide bonds. The van der Waals surface area contributed by atoms with E-state index in [1.807, 2.05) is 0 Å². The lowest BCUT2D eigenvalue weighted by atomic mass is 10.0. The first-order chi connectivity index (χ1) is 11.8. The van der Waals surface area contributed by atoms with Crippen LogP contribution in [0.25, 0.3) is 0 Å². The van der Waals surface area contributed by atoms with Crippen LogP contribution in [0, 0.1) is 0 Å². The Hall–Kier alpha value is -0.120. The van der Waals surface area contributed by atoms with E-state index in [-0.39, 0.29) is 29.5 Å². The Morgan fingerprint density at radius 1 is 1.12 bits per heavy atom. The third-order valence-corrected chi connectivity index (χ3v) is 4.82. The Labute approximate surface area is 178 Å². The average Bonchev–Trinajstić information content (AvgIpc) is 2.56. The number of rotatable bonds is 9. The lowest BCUT2D eigenvalue weighted by Crippen LogP contribution is -2.52. The van der Waals surface area contributed by atoms with Crippen LogP contribution in [0.3, 0.4) is 0 Å². The van der Waals surface area contributed by atoms with Gasteiger partial charge >= 0.3 is 0 Å². The third kappa shape index (κ3) is 9.19. The molecule has 1 rings (SSSR count). The van der Waals surface area contributed by atoms with E-state index < -0.39 is 0 Å². The number of morpholine rings is 1. The van der Waals surface area contributed by atoms with Crippen LogP contribution in [0.5, 0.6) is 0 Å². The number of aliphatic imine (C=N–C) groups is 1. The van der Waals surface area contributed by atoms with Crippen molar-refractivity contribution in [2.45, 2.75) is 66.1 Å². The molecule has 0 aliphatic carbocycles. The van der Waals surface area contributed by atoms with Gasteiger partial charge in [-0.2, -0.15) is 0 Å². The Bertz CT molecular complexity index is 387. The molecule has 0 unspecified atom stereocenters. The summed E-state index contributed by atoms with van der Waals surface area (Å²) in [7, 11) is 0. The molecular weight excluding hydrogens is 441 g/mol. The Morgan fingerprint density at radius 3 is 2.19 bits per heavy atom. The zero-order chi connectivity index (χ0) is 18.9. The number of hydrogen-bond acceptors (Lipinski definition) is 4. The summed E-state index contributed by atoms with van der Waals surface area (Å²) in [6.45, 7) is 22.9. The average molecular weight is 483 g/mol. The van der Waals surface area contributed by atoms with Crippen molar-refractivity contribution in [1.82, 2.24) is 20.4 Å². The third-order valence-electron chi connectivity index (χ3n) is 4.82. The topological polar surface area (TPSA) is 52.1 Å². The second kappa shape index (κ2) is 13.1. The van der Waals surface area contributed by atoms with Crippen LogP contribution in [0.4, 0.5) is 0 Å². The highest BCUT2D eigenvalue weighted by Gasteiger charge is 2.28. The van der Waals surface area contributed by atoms with Gasteiger partial charge in [0.1, 0.15) is 0 Å². The fourth-order valence-corrected chi connectivity index (χ4v) is 3.30. The summed E-state index contributed by atoms with van der Waals surface area (Å²) in [5.74, 6) is 0.913. The van der Waals surface area contributed by atoms with E-state index in [9.17, 15) is 0 Å². The molecule has 0 saturated carbocycles. The van der Waals surface area contributed by atoms with Gasteiger partial charge < -0.3 is 15.4 Å². The van der Waals surface area contributed by atoms with E-state index in [0.717, 1.165) is 58.4 Å². The molecule has 7 heteroatoms. The molecule has 2 N–H and O–H groups in total. The second-order valence-electron chi connectivity index (χ2n) is 7.96. The molecule has 0 aromatic rings. The highest BCUT2D eigenvalue weighted by Crippen LogP contribution is 2.16. The predicted octanol–water partition coefficient (Wildman–Crippen LogP) is 2.39. The molecule has 0 spiro atoms. The molecule has 156 valence electrons. The number of nitrogens with zero attached hydrogens (tertiary/aromatic N) is 3. The molecule has 0 bridgehead atoms. The van der Waals surface area contributed by atoms with E-state index >= 15 is 0 Å². The first-order valence-corrected chi connectivity index (χ1v) is 9.88. The summed E-state index contributed by atoms with van der Waals surface area (Å²) in [5, 5.41) is 6.86. The fourth-order valence-electron chi connectivity index (χ4n) is 3.30. The normalized spacial score (nSPS) is 16.9. The maximum absolute atomic E-state index is 5.47. The van der Waals surface area contributed by atoms with Crippen molar-refractivity contribution in [1.29, 1.82) is 0 Å². The van der Waals surface area contributed by atoms with Gasteiger partial charge in [-0.15, -0.1) is 24.0 Å². The summed E-state index contributed by atoms with van der Waals surface area (Å²) in [6.07, 6.45) is 0. The van der Waals surface area contributed by atoms with Crippen LogP contribution in [0.1, 0.15) is 48.5 Å². The molecule has 1 aliphatic rings. The minimum absolute atomic E-state index is 0. The molecule has 6 nitrogen and oxygen atoms in total. The number of nitrogens with one attached hydrogen (secondary N) is 2. The second-order valence-corrected chi connectivity index (χ2v) is 7.96. The molecule has 1 aliphatic heterocycles. The van der Waals surface area contributed by atoms with E-state index in [1.54, 1.807) is 0 Å². The SMILES string of the molecule is CCNC(=NCC(C)(C)N1CCOCC1)NCCN(C(C)C)C(C)C.I. The van der Waals surface area contributed by atoms with Crippen molar-refractivity contribution in [3.8, 4) is 0 Å². The van der Waals surface area contributed by atoms with Crippen molar-refractivity contribution in [3.05, 3.63) is 0 Å². The lowest BCUT2D eigenvalue weighted by Gasteiger charge is -2.40. The molecule has 0 aromatic heterocycles.